The SMILES string of the molecule is CC(C)COCCC1=CCOCC1. The minimum atomic E-state index is 0.642. The molecular formula is C11H20O2. The molecule has 2 heteroatoms. The average molecular weight is 184 g/mol. The van der Waals surface area contributed by atoms with Crippen LogP contribution < -0.4 is 0 Å². The molecule has 1 aliphatic rings. The lowest BCUT2D eigenvalue weighted by molar-refractivity contribution is 0.108. The fraction of sp³-hybridized carbons (Fsp3) is 0.818. The second kappa shape index (κ2) is 6.17. The number of hydrogen-bond acceptors (Lipinski definition) is 2. The standard InChI is InChI=1S/C11H20O2/c1-10(2)9-13-8-5-11-3-6-12-7-4-11/h3,10H,4-9H2,1-2H3. The lowest BCUT2D eigenvalue weighted by Crippen LogP contribution is -2.08. The summed E-state index contributed by atoms with van der Waals surface area (Å²) in [6.45, 7) is 7.77. The van der Waals surface area contributed by atoms with Gasteiger partial charge in [-0.3, -0.25) is 0 Å². The Hall–Kier alpha value is -0.340. The van der Waals surface area contributed by atoms with Crippen molar-refractivity contribution < 1.29 is 9.47 Å². The van der Waals surface area contributed by atoms with Gasteiger partial charge in [-0.2, -0.15) is 0 Å². The van der Waals surface area contributed by atoms with Crippen LogP contribution in [0.5, 0.6) is 0 Å². The fourth-order valence-corrected chi connectivity index (χ4v) is 1.31. The lowest BCUT2D eigenvalue weighted by atomic mass is 10.1. The zero-order valence-electron chi connectivity index (χ0n) is 8.71. The molecule has 0 fully saturated rings. The zero-order valence-corrected chi connectivity index (χ0v) is 8.71. The van der Waals surface area contributed by atoms with E-state index in [-0.39, 0.29) is 0 Å². The predicted molar refractivity (Wildman–Crippen MR) is 53.8 cm³/mol. The van der Waals surface area contributed by atoms with E-state index in [9.17, 15) is 0 Å². The summed E-state index contributed by atoms with van der Waals surface area (Å²) in [6, 6.07) is 0. The third-order valence-corrected chi connectivity index (χ3v) is 2.08. The van der Waals surface area contributed by atoms with Crippen LogP contribution in [-0.4, -0.2) is 26.4 Å². The van der Waals surface area contributed by atoms with Crippen molar-refractivity contribution >= 4 is 0 Å². The van der Waals surface area contributed by atoms with E-state index < -0.39 is 0 Å². The molecule has 0 bridgehead atoms. The van der Waals surface area contributed by atoms with Crippen molar-refractivity contribution in [1.82, 2.24) is 0 Å². The summed E-state index contributed by atoms with van der Waals surface area (Å²) >= 11 is 0. The second-order valence-corrected chi connectivity index (χ2v) is 3.91. The summed E-state index contributed by atoms with van der Waals surface area (Å²) in [4.78, 5) is 0. The first kappa shape index (κ1) is 10.7. The van der Waals surface area contributed by atoms with E-state index in [1.165, 1.54) is 5.57 Å². The summed E-state index contributed by atoms with van der Waals surface area (Å²) in [5.41, 5.74) is 1.50. The van der Waals surface area contributed by atoms with Crippen LogP contribution in [0.3, 0.4) is 0 Å². The van der Waals surface area contributed by atoms with Crippen LogP contribution in [0, 0.1) is 5.92 Å². The molecule has 0 saturated carbocycles. The quantitative estimate of drug-likeness (QED) is 0.482. The largest absolute Gasteiger partial charge is 0.381 e. The van der Waals surface area contributed by atoms with Gasteiger partial charge in [0, 0.05) is 6.61 Å². The summed E-state index contributed by atoms with van der Waals surface area (Å²) in [7, 11) is 0. The van der Waals surface area contributed by atoms with E-state index in [1.54, 1.807) is 0 Å². The first-order valence-electron chi connectivity index (χ1n) is 5.12. The molecule has 0 amide bonds. The molecule has 76 valence electrons. The molecule has 1 heterocycles. The van der Waals surface area contributed by atoms with Crippen molar-refractivity contribution in [1.29, 1.82) is 0 Å². The van der Waals surface area contributed by atoms with Gasteiger partial charge >= 0.3 is 0 Å². The van der Waals surface area contributed by atoms with Gasteiger partial charge in [-0.15, -0.1) is 0 Å². The van der Waals surface area contributed by atoms with E-state index in [0.717, 1.165) is 39.3 Å². The molecule has 0 aromatic rings. The topological polar surface area (TPSA) is 18.5 Å². The number of rotatable bonds is 5. The van der Waals surface area contributed by atoms with Crippen LogP contribution in [0.25, 0.3) is 0 Å². The molecule has 0 aromatic carbocycles. The molecule has 0 unspecified atom stereocenters. The number of ether oxygens (including phenoxy) is 2. The molecule has 0 saturated heterocycles. The molecule has 0 spiro atoms. The second-order valence-electron chi connectivity index (χ2n) is 3.91. The molecule has 13 heavy (non-hydrogen) atoms. The molecule has 0 aromatic heterocycles. The third kappa shape index (κ3) is 5.06. The Morgan fingerprint density at radius 1 is 1.54 bits per heavy atom. The van der Waals surface area contributed by atoms with Gasteiger partial charge in [-0.05, 0) is 18.8 Å². The Kier molecular flexibility index (Phi) is 5.09. The molecule has 0 aliphatic carbocycles. The normalized spacial score (nSPS) is 17.6. The zero-order chi connectivity index (χ0) is 9.52. The Balaban J connectivity index is 2.01. The van der Waals surface area contributed by atoms with Gasteiger partial charge in [-0.25, -0.2) is 0 Å². The van der Waals surface area contributed by atoms with E-state index in [4.69, 9.17) is 9.47 Å². The van der Waals surface area contributed by atoms with Crippen LogP contribution >= 0.6 is 0 Å². The van der Waals surface area contributed by atoms with Gasteiger partial charge in [0.15, 0.2) is 0 Å². The highest BCUT2D eigenvalue weighted by molar-refractivity contribution is 5.04. The summed E-state index contributed by atoms with van der Waals surface area (Å²) < 4.78 is 10.7. The van der Waals surface area contributed by atoms with Gasteiger partial charge in [0.2, 0.25) is 0 Å². The average Bonchev–Trinajstić information content (AvgIpc) is 2.14. The van der Waals surface area contributed by atoms with Crippen molar-refractivity contribution in [2.75, 3.05) is 26.4 Å². The van der Waals surface area contributed by atoms with Crippen molar-refractivity contribution in [2.45, 2.75) is 26.7 Å². The Morgan fingerprint density at radius 2 is 2.38 bits per heavy atom. The number of hydrogen-bond donors (Lipinski definition) is 0. The smallest absolute Gasteiger partial charge is 0.0650 e. The van der Waals surface area contributed by atoms with Gasteiger partial charge in [-0.1, -0.05) is 25.5 Å². The Labute approximate surface area is 80.9 Å². The highest BCUT2D eigenvalue weighted by Crippen LogP contribution is 2.11. The summed E-state index contributed by atoms with van der Waals surface area (Å²) in [6.07, 6.45) is 4.35. The maximum absolute atomic E-state index is 5.52. The highest BCUT2D eigenvalue weighted by atomic mass is 16.5. The van der Waals surface area contributed by atoms with Crippen molar-refractivity contribution in [3.8, 4) is 0 Å². The molecule has 0 atom stereocenters. The van der Waals surface area contributed by atoms with Crippen LogP contribution in [0.4, 0.5) is 0 Å². The first-order valence-corrected chi connectivity index (χ1v) is 5.12. The first-order chi connectivity index (χ1) is 6.29. The Morgan fingerprint density at radius 3 is 3.00 bits per heavy atom. The summed E-state index contributed by atoms with van der Waals surface area (Å²) in [5, 5.41) is 0. The minimum Gasteiger partial charge on any atom is -0.381 e. The third-order valence-electron chi connectivity index (χ3n) is 2.08. The molecule has 1 aliphatic heterocycles. The van der Waals surface area contributed by atoms with Gasteiger partial charge < -0.3 is 9.47 Å². The van der Waals surface area contributed by atoms with E-state index in [1.807, 2.05) is 0 Å². The van der Waals surface area contributed by atoms with Crippen molar-refractivity contribution in [2.24, 2.45) is 5.92 Å². The summed E-state index contributed by atoms with van der Waals surface area (Å²) in [5.74, 6) is 0.642. The molecule has 1 rings (SSSR count). The van der Waals surface area contributed by atoms with Crippen LogP contribution in [0.1, 0.15) is 26.7 Å². The fourth-order valence-electron chi connectivity index (χ4n) is 1.31. The van der Waals surface area contributed by atoms with Crippen molar-refractivity contribution in [3.63, 3.8) is 0 Å². The van der Waals surface area contributed by atoms with Gasteiger partial charge in [0.25, 0.3) is 0 Å². The van der Waals surface area contributed by atoms with E-state index in [2.05, 4.69) is 19.9 Å². The van der Waals surface area contributed by atoms with Gasteiger partial charge in [0.1, 0.15) is 0 Å². The molecular weight excluding hydrogens is 164 g/mol. The van der Waals surface area contributed by atoms with E-state index in [0.29, 0.717) is 5.92 Å². The maximum Gasteiger partial charge on any atom is 0.0650 e. The molecule has 0 radical (unpaired) electrons. The Bertz CT molecular complexity index is 161. The molecule has 2 nitrogen and oxygen atoms in total. The monoisotopic (exact) mass is 184 g/mol. The van der Waals surface area contributed by atoms with Gasteiger partial charge in [0.05, 0.1) is 19.8 Å². The van der Waals surface area contributed by atoms with E-state index >= 15 is 0 Å². The van der Waals surface area contributed by atoms with Crippen LogP contribution in [0.15, 0.2) is 11.6 Å². The van der Waals surface area contributed by atoms with Crippen LogP contribution in [0.2, 0.25) is 0 Å². The van der Waals surface area contributed by atoms with Crippen molar-refractivity contribution in [3.05, 3.63) is 11.6 Å². The van der Waals surface area contributed by atoms with Crippen LogP contribution in [-0.2, 0) is 9.47 Å². The highest BCUT2D eigenvalue weighted by Gasteiger charge is 2.03. The predicted octanol–water partition coefficient (Wildman–Crippen LogP) is 2.40. The minimum absolute atomic E-state index is 0.642. The lowest BCUT2D eigenvalue weighted by Gasteiger charge is -2.13. The molecule has 0 N–H and O–H groups in total. The maximum atomic E-state index is 5.52.